The Hall–Kier alpha value is -2.65. The number of nitrogens with one attached hydrogen (secondary N) is 2. The Morgan fingerprint density at radius 1 is 1.32 bits per heavy atom. The van der Waals surface area contributed by atoms with Crippen molar-refractivity contribution < 1.29 is 19.0 Å². The molecule has 0 aliphatic carbocycles. The molecular formula is C19H26N4O5. The Kier molecular flexibility index (Phi) is 6.48. The Bertz CT molecular complexity index is 892. The van der Waals surface area contributed by atoms with E-state index in [1.807, 2.05) is 6.92 Å². The predicted molar refractivity (Wildman–Crippen MR) is 104 cm³/mol. The van der Waals surface area contributed by atoms with Crippen LogP contribution in [0.25, 0.3) is 10.9 Å². The number of carbonyl (C=O) groups excluding carboxylic acids is 1. The van der Waals surface area contributed by atoms with Crippen molar-refractivity contribution in [1.82, 2.24) is 20.2 Å². The number of carbonyl (C=O) groups is 1. The lowest BCUT2D eigenvalue weighted by Crippen LogP contribution is -2.45. The van der Waals surface area contributed by atoms with Crippen LogP contribution in [0, 0.1) is 0 Å². The summed E-state index contributed by atoms with van der Waals surface area (Å²) in [5.41, 5.74) is 0.203. The van der Waals surface area contributed by atoms with Crippen molar-refractivity contribution in [2.75, 3.05) is 40.5 Å². The molecule has 2 N–H and O–H groups in total. The molecular weight excluding hydrogens is 364 g/mol. The SMILES string of the molecule is CCN(Cc1nc2cc(OC)c(OC)cc2c(=O)[nH]1)C(=O)CC1COCCN1. The number of nitrogens with zero attached hydrogens (tertiary/aromatic N) is 2. The highest BCUT2D eigenvalue weighted by Crippen LogP contribution is 2.29. The topological polar surface area (TPSA) is 106 Å². The number of methoxy groups -OCH3 is 2. The van der Waals surface area contributed by atoms with Crippen molar-refractivity contribution in [2.24, 2.45) is 0 Å². The largest absolute Gasteiger partial charge is 0.493 e. The fourth-order valence-corrected chi connectivity index (χ4v) is 3.24. The number of ether oxygens (including phenoxy) is 3. The number of hydrogen-bond donors (Lipinski definition) is 2. The van der Waals surface area contributed by atoms with E-state index in [0.717, 1.165) is 6.54 Å². The normalized spacial score (nSPS) is 16.8. The molecule has 2 aromatic rings. The molecule has 152 valence electrons. The number of fused-ring (bicyclic) bond motifs is 1. The molecule has 28 heavy (non-hydrogen) atoms. The Balaban J connectivity index is 1.81. The molecule has 9 heteroatoms. The van der Waals surface area contributed by atoms with Gasteiger partial charge in [-0.3, -0.25) is 9.59 Å². The summed E-state index contributed by atoms with van der Waals surface area (Å²) in [5.74, 6) is 1.36. The first-order valence-electron chi connectivity index (χ1n) is 9.29. The minimum atomic E-state index is -0.285. The van der Waals surface area contributed by atoms with Crippen molar-refractivity contribution >= 4 is 16.8 Å². The van der Waals surface area contributed by atoms with E-state index in [0.29, 0.717) is 54.4 Å². The zero-order valence-corrected chi connectivity index (χ0v) is 16.4. The summed E-state index contributed by atoms with van der Waals surface area (Å²) in [4.78, 5) is 34.1. The molecule has 0 spiro atoms. The molecule has 1 aliphatic heterocycles. The number of aromatic amines is 1. The number of benzene rings is 1. The van der Waals surface area contributed by atoms with E-state index in [-0.39, 0.29) is 24.1 Å². The van der Waals surface area contributed by atoms with Gasteiger partial charge in [-0.1, -0.05) is 0 Å². The molecule has 0 radical (unpaired) electrons. The van der Waals surface area contributed by atoms with Crippen LogP contribution in [0.2, 0.25) is 0 Å². The summed E-state index contributed by atoms with van der Waals surface area (Å²) >= 11 is 0. The summed E-state index contributed by atoms with van der Waals surface area (Å²) in [7, 11) is 3.04. The first kappa shape index (κ1) is 20.1. The second kappa shape index (κ2) is 9.03. The van der Waals surface area contributed by atoms with E-state index in [1.54, 1.807) is 17.0 Å². The van der Waals surface area contributed by atoms with Crippen LogP contribution in [-0.2, 0) is 16.1 Å². The summed E-state index contributed by atoms with van der Waals surface area (Å²) in [5, 5.41) is 3.68. The molecule has 2 heterocycles. The van der Waals surface area contributed by atoms with Gasteiger partial charge in [-0.15, -0.1) is 0 Å². The molecule has 0 saturated carbocycles. The highest BCUT2D eigenvalue weighted by atomic mass is 16.5. The van der Waals surface area contributed by atoms with Gasteiger partial charge in [-0.05, 0) is 13.0 Å². The van der Waals surface area contributed by atoms with Gasteiger partial charge >= 0.3 is 0 Å². The average Bonchev–Trinajstić information content (AvgIpc) is 2.71. The molecule has 1 aromatic heterocycles. The van der Waals surface area contributed by atoms with Crippen molar-refractivity contribution in [3.63, 3.8) is 0 Å². The van der Waals surface area contributed by atoms with Gasteiger partial charge in [-0.25, -0.2) is 4.98 Å². The third kappa shape index (κ3) is 4.42. The zero-order chi connectivity index (χ0) is 20.1. The van der Waals surface area contributed by atoms with Gasteiger partial charge in [0.2, 0.25) is 5.91 Å². The first-order valence-corrected chi connectivity index (χ1v) is 9.29. The fraction of sp³-hybridized carbons (Fsp3) is 0.526. The number of H-pyrrole nitrogens is 1. The Morgan fingerprint density at radius 3 is 2.71 bits per heavy atom. The van der Waals surface area contributed by atoms with Crippen molar-refractivity contribution in [3.05, 3.63) is 28.3 Å². The van der Waals surface area contributed by atoms with Gasteiger partial charge in [0.1, 0.15) is 5.82 Å². The summed E-state index contributed by atoms with van der Waals surface area (Å²) in [6.45, 7) is 4.57. The second-order valence-electron chi connectivity index (χ2n) is 6.57. The van der Waals surface area contributed by atoms with E-state index < -0.39 is 0 Å². The van der Waals surface area contributed by atoms with Crippen LogP contribution >= 0.6 is 0 Å². The van der Waals surface area contributed by atoms with Gasteiger partial charge in [0.25, 0.3) is 5.56 Å². The number of rotatable bonds is 7. The van der Waals surface area contributed by atoms with Crippen molar-refractivity contribution in [2.45, 2.75) is 25.9 Å². The molecule has 1 atom stereocenters. The van der Waals surface area contributed by atoms with Crippen LogP contribution in [0.5, 0.6) is 11.5 Å². The predicted octanol–water partition coefficient (Wildman–Crippen LogP) is 0.667. The lowest BCUT2D eigenvalue weighted by Gasteiger charge is -2.27. The van der Waals surface area contributed by atoms with E-state index in [4.69, 9.17) is 14.2 Å². The minimum Gasteiger partial charge on any atom is -0.493 e. The second-order valence-corrected chi connectivity index (χ2v) is 6.57. The maximum atomic E-state index is 12.7. The van der Waals surface area contributed by atoms with Gasteiger partial charge in [-0.2, -0.15) is 0 Å². The molecule has 1 fully saturated rings. The molecule has 1 aliphatic rings. The van der Waals surface area contributed by atoms with Crippen LogP contribution in [0.4, 0.5) is 0 Å². The maximum absolute atomic E-state index is 12.7. The lowest BCUT2D eigenvalue weighted by atomic mass is 10.1. The van der Waals surface area contributed by atoms with Crippen LogP contribution < -0.4 is 20.3 Å². The smallest absolute Gasteiger partial charge is 0.258 e. The highest BCUT2D eigenvalue weighted by molar-refractivity contribution is 5.82. The van der Waals surface area contributed by atoms with Crippen molar-refractivity contribution in [1.29, 1.82) is 0 Å². The molecule has 3 rings (SSSR count). The lowest BCUT2D eigenvalue weighted by molar-refractivity contribution is -0.133. The molecule has 1 aromatic carbocycles. The highest BCUT2D eigenvalue weighted by Gasteiger charge is 2.21. The number of amides is 1. The van der Waals surface area contributed by atoms with Gasteiger partial charge < -0.3 is 29.4 Å². The monoisotopic (exact) mass is 390 g/mol. The number of morpholine rings is 1. The van der Waals surface area contributed by atoms with E-state index in [1.165, 1.54) is 14.2 Å². The number of aromatic nitrogens is 2. The van der Waals surface area contributed by atoms with Gasteiger partial charge in [0.05, 0.1) is 44.9 Å². The van der Waals surface area contributed by atoms with Crippen LogP contribution in [-0.4, -0.2) is 67.3 Å². The van der Waals surface area contributed by atoms with Crippen LogP contribution in [0.15, 0.2) is 16.9 Å². The third-order valence-electron chi connectivity index (χ3n) is 4.75. The molecule has 1 saturated heterocycles. The van der Waals surface area contributed by atoms with E-state index >= 15 is 0 Å². The standard InChI is InChI=1S/C19H26N4O5/c1-4-23(18(24)7-12-11-28-6-5-20-12)10-17-21-14-9-16(27-3)15(26-2)8-13(14)19(25)22-17/h8-9,12,20H,4-7,10-11H2,1-3H3,(H,21,22,25). The molecule has 9 nitrogen and oxygen atoms in total. The molecule has 0 bridgehead atoms. The molecule has 1 amide bonds. The van der Waals surface area contributed by atoms with Crippen LogP contribution in [0.1, 0.15) is 19.2 Å². The Morgan fingerprint density at radius 2 is 2.07 bits per heavy atom. The molecule has 1 unspecified atom stereocenters. The fourth-order valence-electron chi connectivity index (χ4n) is 3.24. The maximum Gasteiger partial charge on any atom is 0.258 e. The Labute approximate surface area is 163 Å². The summed E-state index contributed by atoms with van der Waals surface area (Å²) < 4.78 is 15.9. The minimum absolute atomic E-state index is 0.00985. The van der Waals surface area contributed by atoms with Crippen LogP contribution in [0.3, 0.4) is 0 Å². The number of hydrogen-bond acceptors (Lipinski definition) is 7. The summed E-state index contributed by atoms with van der Waals surface area (Å²) in [6, 6.07) is 3.27. The van der Waals surface area contributed by atoms with Gasteiger partial charge in [0, 0.05) is 31.6 Å². The summed E-state index contributed by atoms with van der Waals surface area (Å²) in [6.07, 6.45) is 0.344. The van der Waals surface area contributed by atoms with E-state index in [2.05, 4.69) is 15.3 Å². The van der Waals surface area contributed by atoms with Crippen molar-refractivity contribution in [3.8, 4) is 11.5 Å². The average molecular weight is 390 g/mol. The quantitative estimate of drug-likeness (QED) is 0.716. The van der Waals surface area contributed by atoms with E-state index in [9.17, 15) is 9.59 Å². The first-order chi connectivity index (χ1) is 13.5. The third-order valence-corrected chi connectivity index (χ3v) is 4.75. The van der Waals surface area contributed by atoms with Gasteiger partial charge in [0.15, 0.2) is 11.5 Å². The zero-order valence-electron chi connectivity index (χ0n) is 16.4.